The molecule has 0 aromatic heterocycles. The number of hydrogen-bond acceptors (Lipinski definition) is 4. The summed E-state index contributed by atoms with van der Waals surface area (Å²) in [5.74, 6) is 0.879. The molecule has 0 aliphatic heterocycles. The third kappa shape index (κ3) is 8.31. The summed E-state index contributed by atoms with van der Waals surface area (Å²) < 4.78 is 19.6. The van der Waals surface area contributed by atoms with Crippen molar-refractivity contribution in [1.82, 2.24) is 4.90 Å². The first-order valence-corrected chi connectivity index (χ1v) is 11.0. The van der Waals surface area contributed by atoms with E-state index >= 15 is 0 Å². The van der Waals surface area contributed by atoms with Gasteiger partial charge in [0.05, 0.1) is 13.2 Å². The van der Waals surface area contributed by atoms with E-state index in [1.165, 1.54) is 12.1 Å². The topological polar surface area (TPSA) is 63.2 Å². The largest absolute Gasteiger partial charge is 0.493 e. The lowest BCUT2D eigenvalue weighted by molar-refractivity contribution is 0.280. The Kier molecular flexibility index (Phi) is 10.0. The summed E-state index contributed by atoms with van der Waals surface area (Å²) in [7, 11) is 5.82. The molecule has 0 fully saturated rings. The number of nitrogens with zero attached hydrogens (tertiary/aromatic N) is 3. The molecular formula is C27H35FN4O. The monoisotopic (exact) mass is 450 g/mol. The molecule has 2 N–H and O–H groups in total. The van der Waals surface area contributed by atoms with Crippen molar-refractivity contribution in [3.05, 3.63) is 77.6 Å². The minimum atomic E-state index is -0.276. The summed E-state index contributed by atoms with van der Waals surface area (Å²) in [4.78, 5) is 10.8. The van der Waals surface area contributed by atoms with Crippen molar-refractivity contribution < 1.29 is 9.13 Å². The first-order chi connectivity index (χ1) is 15.7. The van der Waals surface area contributed by atoms with Crippen LogP contribution in [0.4, 0.5) is 4.39 Å². The number of aliphatic imine (C=N–C) groups is 2. The Bertz CT molecular complexity index is 1040. The van der Waals surface area contributed by atoms with E-state index < -0.39 is 0 Å². The molecule has 6 heteroatoms. The number of ether oxygens (including phenoxy) is 1. The number of allylic oxidation sites excluding steroid dienone is 1. The molecule has 0 aliphatic rings. The maximum Gasteiger partial charge on any atom is 0.126 e. The van der Waals surface area contributed by atoms with Crippen LogP contribution in [-0.4, -0.2) is 57.3 Å². The Morgan fingerprint density at radius 1 is 1.15 bits per heavy atom. The highest BCUT2D eigenvalue weighted by atomic mass is 19.1. The van der Waals surface area contributed by atoms with Crippen molar-refractivity contribution in [2.75, 3.05) is 40.8 Å². The summed E-state index contributed by atoms with van der Waals surface area (Å²) in [5, 5.41) is 0. The second kappa shape index (κ2) is 12.7. The van der Waals surface area contributed by atoms with Crippen molar-refractivity contribution in [2.24, 2.45) is 15.7 Å². The lowest BCUT2D eigenvalue weighted by Gasteiger charge is -2.16. The highest BCUT2D eigenvalue weighted by Crippen LogP contribution is 2.30. The molecule has 0 saturated carbocycles. The molecule has 0 radical (unpaired) electrons. The number of amidine groups is 1. The molecule has 0 spiro atoms. The zero-order chi connectivity index (χ0) is 24.4. The Balaban J connectivity index is 2.34. The fourth-order valence-electron chi connectivity index (χ4n) is 3.11. The molecule has 0 amide bonds. The van der Waals surface area contributed by atoms with E-state index in [4.69, 9.17) is 10.5 Å². The van der Waals surface area contributed by atoms with Gasteiger partial charge in [-0.25, -0.2) is 4.39 Å². The third-order valence-electron chi connectivity index (χ3n) is 5.19. The summed E-state index contributed by atoms with van der Waals surface area (Å²) in [6, 6.07) is 10.3. The van der Waals surface area contributed by atoms with Gasteiger partial charge in [0.2, 0.25) is 0 Å². The fraction of sp³-hybridized carbons (Fsp3) is 0.333. The molecule has 0 aliphatic carbocycles. The van der Waals surface area contributed by atoms with Crippen LogP contribution >= 0.6 is 0 Å². The van der Waals surface area contributed by atoms with Crippen LogP contribution in [0.1, 0.15) is 24.5 Å². The van der Waals surface area contributed by atoms with Gasteiger partial charge in [-0.05, 0) is 81.4 Å². The lowest BCUT2D eigenvalue weighted by atomic mass is 9.98. The molecule has 5 nitrogen and oxygen atoms in total. The van der Waals surface area contributed by atoms with Gasteiger partial charge >= 0.3 is 0 Å². The summed E-state index contributed by atoms with van der Waals surface area (Å²) in [5.41, 5.74) is 11.6. The number of benzene rings is 2. The molecule has 0 unspecified atom stereocenters. The second-order valence-corrected chi connectivity index (χ2v) is 8.22. The molecule has 2 aromatic carbocycles. The Labute approximate surface area is 197 Å². The van der Waals surface area contributed by atoms with Crippen LogP contribution in [-0.2, 0) is 0 Å². The molecule has 33 heavy (non-hydrogen) atoms. The molecule has 2 rings (SSSR count). The van der Waals surface area contributed by atoms with Gasteiger partial charge in [-0.3, -0.25) is 9.98 Å². The second-order valence-electron chi connectivity index (χ2n) is 8.22. The SMILES string of the molecule is C=C(/C=C\C(C)=NC)CN=C(N)c1cc(-c2ccc(F)cc2)cc(OCCCN(C)C)c1C. The van der Waals surface area contributed by atoms with Crippen LogP contribution in [0.2, 0.25) is 0 Å². The minimum absolute atomic E-state index is 0.276. The van der Waals surface area contributed by atoms with Gasteiger partial charge in [0.1, 0.15) is 17.4 Å². The predicted octanol–water partition coefficient (Wildman–Crippen LogP) is 5.04. The van der Waals surface area contributed by atoms with E-state index in [0.717, 1.165) is 52.3 Å². The molecule has 176 valence electrons. The summed E-state index contributed by atoms with van der Waals surface area (Å²) >= 11 is 0. The molecule has 0 atom stereocenters. The van der Waals surface area contributed by atoms with Crippen LogP contribution < -0.4 is 10.5 Å². The van der Waals surface area contributed by atoms with Gasteiger partial charge in [0.15, 0.2) is 0 Å². The van der Waals surface area contributed by atoms with Crippen LogP contribution in [0.25, 0.3) is 11.1 Å². The van der Waals surface area contributed by atoms with Gasteiger partial charge in [-0.1, -0.05) is 24.8 Å². The summed E-state index contributed by atoms with van der Waals surface area (Å²) in [6.07, 6.45) is 4.69. The number of rotatable bonds is 11. The Hall–Kier alpha value is -3.25. The van der Waals surface area contributed by atoms with E-state index in [1.807, 2.05) is 52.2 Å². The standard InChI is InChI=1S/C27H35FN4O/c1-19(8-9-20(2)30-4)18-31-27(29)25-16-23(22-10-12-24(28)13-11-22)17-26(21(25)3)33-15-7-14-32(5)6/h8-13,16-17H,1,7,14-15,18H2,2-6H3,(H2,29,31)/b9-8-,30-20?. The first kappa shape index (κ1) is 26.0. The molecular weight excluding hydrogens is 415 g/mol. The molecule has 0 bridgehead atoms. The van der Waals surface area contributed by atoms with Crippen LogP contribution in [0, 0.1) is 12.7 Å². The fourth-order valence-corrected chi connectivity index (χ4v) is 3.11. The number of halogens is 1. The van der Waals surface area contributed by atoms with E-state index in [-0.39, 0.29) is 5.82 Å². The van der Waals surface area contributed by atoms with E-state index in [2.05, 4.69) is 21.5 Å². The van der Waals surface area contributed by atoms with Gasteiger partial charge < -0.3 is 15.4 Å². The van der Waals surface area contributed by atoms with E-state index in [0.29, 0.717) is 19.0 Å². The van der Waals surface area contributed by atoms with Crippen molar-refractivity contribution >= 4 is 11.5 Å². The quantitative estimate of drug-likeness (QED) is 0.226. The Morgan fingerprint density at radius 2 is 1.85 bits per heavy atom. The minimum Gasteiger partial charge on any atom is -0.493 e. The van der Waals surface area contributed by atoms with E-state index in [9.17, 15) is 4.39 Å². The predicted molar refractivity (Wildman–Crippen MR) is 138 cm³/mol. The van der Waals surface area contributed by atoms with Gasteiger partial charge in [0, 0.05) is 30.4 Å². The normalized spacial score (nSPS) is 12.6. The lowest BCUT2D eigenvalue weighted by Crippen LogP contribution is -2.18. The zero-order valence-electron chi connectivity index (χ0n) is 20.4. The van der Waals surface area contributed by atoms with Crippen molar-refractivity contribution in [3.63, 3.8) is 0 Å². The zero-order valence-corrected chi connectivity index (χ0v) is 20.4. The van der Waals surface area contributed by atoms with Crippen LogP contribution in [0.15, 0.2) is 70.7 Å². The molecule has 2 aromatic rings. The third-order valence-corrected chi connectivity index (χ3v) is 5.19. The molecule has 0 saturated heterocycles. The molecule has 0 heterocycles. The van der Waals surface area contributed by atoms with Crippen molar-refractivity contribution in [3.8, 4) is 16.9 Å². The maximum absolute atomic E-state index is 13.4. The highest BCUT2D eigenvalue weighted by molar-refractivity contribution is 6.00. The smallest absolute Gasteiger partial charge is 0.126 e. The highest BCUT2D eigenvalue weighted by Gasteiger charge is 2.13. The van der Waals surface area contributed by atoms with Crippen molar-refractivity contribution in [2.45, 2.75) is 20.3 Å². The van der Waals surface area contributed by atoms with Crippen molar-refractivity contribution in [1.29, 1.82) is 0 Å². The van der Waals surface area contributed by atoms with Gasteiger partial charge in [-0.15, -0.1) is 0 Å². The van der Waals surface area contributed by atoms with Gasteiger partial charge in [0.25, 0.3) is 0 Å². The summed E-state index contributed by atoms with van der Waals surface area (Å²) in [6.45, 7) is 9.83. The average Bonchev–Trinajstić information content (AvgIpc) is 2.79. The van der Waals surface area contributed by atoms with E-state index in [1.54, 1.807) is 19.2 Å². The number of hydrogen-bond donors (Lipinski definition) is 1. The maximum atomic E-state index is 13.4. The van der Waals surface area contributed by atoms with Gasteiger partial charge in [-0.2, -0.15) is 0 Å². The first-order valence-electron chi connectivity index (χ1n) is 11.0. The van der Waals surface area contributed by atoms with Crippen LogP contribution in [0.3, 0.4) is 0 Å². The number of nitrogens with two attached hydrogens (primary N) is 1. The average molecular weight is 451 g/mol. The van der Waals surface area contributed by atoms with Crippen LogP contribution in [0.5, 0.6) is 5.75 Å². The Morgan fingerprint density at radius 3 is 2.48 bits per heavy atom.